The van der Waals surface area contributed by atoms with E-state index >= 15 is 0 Å². The maximum Gasteiger partial charge on any atom is 0.260 e. The number of amides is 1. The van der Waals surface area contributed by atoms with E-state index in [2.05, 4.69) is 15.0 Å². The largest absolute Gasteiger partial charge is 0.298 e. The fourth-order valence-electron chi connectivity index (χ4n) is 2.61. The summed E-state index contributed by atoms with van der Waals surface area (Å²) in [5.74, 6) is -1.61. The fraction of sp³-hybridized carbons (Fsp3) is 0.158. The lowest BCUT2D eigenvalue weighted by Crippen LogP contribution is -2.24. The second kappa shape index (κ2) is 8.58. The van der Waals surface area contributed by atoms with Gasteiger partial charge in [0.05, 0.1) is 16.2 Å². The molecule has 29 heavy (non-hydrogen) atoms. The van der Waals surface area contributed by atoms with Gasteiger partial charge in [0.15, 0.2) is 5.13 Å². The Labute approximate surface area is 176 Å². The molecule has 6 nitrogen and oxygen atoms in total. The van der Waals surface area contributed by atoms with Crippen LogP contribution in [0.1, 0.15) is 22.2 Å². The number of sulfonamides is 1. The molecule has 1 aromatic heterocycles. The van der Waals surface area contributed by atoms with Gasteiger partial charge in [0.1, 0.15) is 5.82 Å². The van der Waals surface area contributed by atoms with Gasteiger partial charge in [-0.2, -0.15) is 0 Å². The molecular formula is C19H17ClFN3O3S2. The van der Waals surface area contributed by atoms with Crippen LogP contribution in [0.3, 0.4) is 0 Å². The smallest absolute Gasteiger partial charge is 0.260 e. The highest BCUT2D eigenvalue weighted by Crippen LogP contribution is 2.31. The summed E-state index contributed by atoms with van der Waals surface area (Å²) in [6.07, 6.45) is 0. The molecule has 10 heteroatoms. The Kier molecular flexibility index (Phi) is 6.33. The summed E-state index contributed by atoms with van der Waals surface area (Å²) in [4.78, 5) is 17.6. The summed E-state index contributed by atoms with van der Waals surface area (Å²) >= 11 is 7.13. The Balaban J connectivity index is 1.88. The first kappa shape index (κ1) is 21.4. The molecule has 3 aromatic rings. The van der Waals surface area contributed by atoms with Crippen molar-refractivity contribution >= 4 is 44.0 Å². The molecule has 2 N–H and O–H groups in total. The molecule has 152 valence electrons. The van der Waals surface area contributed by atoms with Gasteiger partial charge in [-0.3, -0.25) is 10.1 Å². The van der Waals surface area contributed by atoms with Crippen molar-refractivity contribution in [1.29, 1.82) is 0 Å². The maximum atomic E-state index is 14.2. The van der Waals surface area contributed by atoms with Crippen molar-refractivity contribution in [1.82, 2.24) is 9.71 Å². The van der Waals surface area contributed by atoms with E-state index in [1.807, 2.05) is 19.1 Å². The van der Waals surface area contributed by atoms with Crippen LogP contribution >= 0.6 is 22.9 Å². The normalized spacial score (nSPS) is 11.4. The van der Waals surface area contributed by atoms with Gasteiger partial charge < -0.3 is 0 Å². The van der Waals surface area contributed by atoms with Crippen LogP contribution in [-0.2, 0) is 10.0 Å². The molecule has 0 bridgehead atoms. The summed E-state index contributed by atoms with van der Waals surface area (Å²) in [5.41, 5.74) is 1.12. The standard InChI is InChI=1S/C19H17ClFN3O3S2/c1-3-22-29(26,27)14-8-9-16(21)15(10-14)18(25)24-19-23-17(11(2)28-19)12-4-6-13(20)7-5-12/h4-10,22H,3H2,1-2H3,(H,23,24,25). The number of anilines is 1. The van der Waals surface area contributed by atoms with E-state index in [-0.39, 0.29) is 22.1 Å². The molecule has 0 aliphatic rings. The number of hydrogen-bond donors (Lipinski definition) is 2. The van der Waals surface area contributed by atoms with Gasteiger partial charge in [-0.15, -0.1) is 11.3 Å². The number of rotatable bonds is 6. The van der Waals surface area contributed by atoms with Gasteiger partial charge in [0.25, 0.3) is 5.91 Å². The number of nitrogens with zero attached hydrogens (tertiary/aromatic N) is 1. The summed E-state index contributed by atoms with van der Waals surface area (Å²) in [6, 6.07) is 10.2. The zero-order chi connectivity index (χ0) is 21.2. The van der Waals surface area contributed by atoms with E-state index in [1.165, 1.54) is 11.3 Å². The molecule has 0 saturated carbocycles. The minimum absolute atomic E-state index is 0.174. The van der Waals surface area contributed by atoms with Crippen LogP contribution in [0.5, 0.6) is 0 Å². The number of thiazole rings is 1. The highest BCUT2D eigenvalue weighted by atomic mass is 35.5. The minimum Gasteiger partial charge on any atom is -0.298 e. The zero-order valence-electron chi connectivity index (χ0n) is 15.5. The first-order chi connectivity index (χ1) is 13.7. The van der Waals surface area contributed by atoms with Crippen molar-refractivity contribution in [2.45, 2.75) is 18.7 Å². The zero-order valence-corrected chi connectivity index (χ0v) is 17.9. The number of hydrogen-bond acceptors (Lipinski definition) is 5. The topological polar surface area (TPSA) is 88.2 Å². The average Bonchev–Trinajstić information content (AvgIpc) is 3.02. The number of nitrogens with one attached hydrogen (secondary N) is 2. The van der Waals surface area contributed by atoms with Crippen LogP contribution < -0.4 is 10.0 Å². The number of halogens is 2. The Hall–Kier alpha value is -2.33. The van der Waals surface area contributed by atoms with E-state index in [0.29, 0.717) is 10.7 Å². The first-order valence-electron chi connectivity index (χ1n) is 8.55. The molecule has 0 fully saturated rings. The number of carbonyl (C=O) groups excluding carboxylic acids is 1. The molecule has 0 aliphatic carbocycles. The molecule has 1 amide bonds. The molecule has 0 unspecified atom stereocenters. The Morgan fingerprint density at radius 3 is 2.55 bits per heavy atom. The van der Waals surface area contributed by atoms with Crippen molar-refractivity contribution in [3.63, 3.8) is 0 Å². The van der Waals surface area contributed by atoms with Crippen LogP contribution in [0, 0.1) is 12.7 Å². The third-order valence-electron chi connectivity index (χ3n) is 3.96. The Morgan fingerprint density at radius 2 is 1.90 bits per heavy atom. The lowest BCUT2D eigenvalue weighted by atomic mass is 10.1. The quantitative estimate of drug-likeness (QED) is 0.576. The van der Waals surface area contributed by atoms with Crippen molar-refractivity contribution < 1.29 is 17.6 Å². The summed E-state index contributed by atoms with van der Waals surface area (Å²) < 4.78 is 40.7. The predicted octanol–water partition coefficient (Wildman–Crippen LogP) is 4.46. The molecule has 3 rings (SSSR count). The summed E-state index contributed by atoms with van der Waals surface area (Å²) in [6.45, 7) is 3.65. The first-order valence-corrected chi connectivity index (χ1v) is 11.2. The predicted molar refractivity (Wildman–Crippen MR) is 113 cm³/mol. The SMILES string of the molecule is CCNS(=O)(=O)c1ccc(F)c(C(=O)Nc2nc(-c3ccc(Cl)cc3)c(C)s2)c1. The van der Waals surface area contributed by atoms with Gasteiger partial charge in [0, 0.05) is 22.0 Å². The maximum absolute atomic E-state index is 14.2. The van der Waals surface area contributed by atoms with Crippen LogP contribution in [0.2, 0.25) is 5.02 Å². The molecule has 2 aromatic carbocycles. The van der Waals surface area contributed by atoms with Gasteiger partial charge in [-0.05, 0) is 37.3 Å². The summed E-state index contributed by atoms with van der Waals surface area (Å²) in [5, 5.41) is 3.41. The number of benzene rings is 2. The molecule has 1 heterocycles. The highest BCUT2D eigenvalue weighted by Gasteiger charge is 2.20. The van der Waals surface area contributed by atoms with E-state index < -0.39 is 21.7 Å². The molecule has 0 aliphatic heterocycles. The van der Waals surface area contributed by atoms with Crippen LogP contribution in [0.4, 0.5) is 9.52 Å². The van der Waals surface area contributed by atoms with Crippen LogP contribution in [-0.4, -0.2) is 25.9 Å². The number of aryl methyl sites for hydroxylation is 1. The molecule has 0 spiro atoms. The lowest BCUT2D eigenvalue weighted by molar-refractivity contribution is 0.102. The highest BCUT2D eigenvalue weighted by molar-refractivity contribution is 7.89. The van der Waals surface area contributed by atoms with E-state index in [1.54, 1.807) is 19.1 Å². The van der Waals surface area contributed by atoms with Crippen LogP contribution in [0.25, 0.3) is 11.3 Å². The summed E-state index contributed by atoms with van der Waals surface area (Å²) in [7, 11) is -3.82. The number of aromatic nitrogens is 1. The van der Waals surface area contributed by atoms with Crippen molar-refractivity contribution in [2.24, 2.45) is 0 Å². The van der Waals surface area contributed by atoms with E-state index in [9.17, 15) is 17.6 Å². The van der Waals surface area contributed by atoms with Gasteiger partial charge in [0.2, 0.25) is 10.0 Å². The number of carbonyl (C=O) groups is 1. The van der Waals surface area contributed by atoms with Gasteiger partial charge in [-0.1, -0.05) is 30.7 Å². The second-order valence-electron chi connectivity index (χ2n) is 6.03. The van der Waals surface area contributed by atoms with Gasteiger partial charge >= 0.3 is 0 Å². The minimum atomic E-state index is -3.82. The third-order valence-corrected chi connectivity index (χ3v) is 6.64. The van der Waals surface area contributed by atoms with E-state index in [4.69, 9.17) is 11.6 Å². The Bertz CT molecular complexity index is 1160. The van der Waals surface area contributed by atoms with Crippen LogP contribution in [0.15, 0.2) is 47.4 Å². The van der Waals surface area contributed by atoms with Crippen molar-refractivity contribution in [3.8, 4) is 11.3 Å². The molecular weight excluding hydrogens is 437 g/mol. The molecule has 0 atom stereocenters. The van der Waals surface area contributed by atoms with Gasteiger partial charge in [-0.25, -0.2) is 22.5 Å². The fourth-order valence-corrected chi connectivity index (χ4v) is 4.63. The van der Waals surface area contributed by atoms with E-state index in [0.717, 1.165) is 28.6 Å². The molecule has 0 radical (unpaired) electrons. The second-order valence-corrected chi connectivity index (χ2v) is 9.43. The third kappa shape index (κ3) is 4.81. The monoisotopic (exact) mass is 453 g/mol. The lowest BCUT2D eigenvalue weighted by Gasteiger charge is -2.08. The molecule has 0 saturated heterocycles. The van der Waals surface area contributed by atoms with Crippen molar-refractivity contribution in [3.05, 3.63) is 63.7 Å². The average molecular weight is 454 g/mol. The Morgan fingerprint density at radius 1 is 1.21 bits per heavy atom. The van der Waals surface area contributed by atoms with Crippen molar-refractivity contribution in [2.75, 3.05) is 11.9 Å².